The Labute approximate surface area is 126 Å². The molecule has 0 atom stereocenters. The summed E-state index contributed by atoms with van der Waals surface area (Å²) in [6, 6.07) is 26.6. The summed E-state index contributed by atoms with van der Waals surface area (Å²) in [4.78, 5) is 0. The molecular formula is C21H12N+. The van der Waals surface area contributed by atoms with Gasteiger partial charge in [0.05, 0.1) is 10.8 Å². The smallest absolute Gasteiger partial charge is 0.152 e. The summed E-state index contributed by atoms with van der Waals surface area (Å²) in [6.45, 7) is 0. The van der Waals surface area contributed by atoms with Crippen molar-refractivity contribution in [2.45, 2.75) is 0 Å². The lowest BCUT2D eigenvalue weighted by Crippen LogP contribution is -2.26. The van der Waals surface area contributed by atoms with Gasteiger partial charge in [0.1, 0.15) is 0 Å². The van der Waals surface area contributed by atoms with Gasteiger partial charge >= 0.3 is 0 Å². The third-order valence-electron chi connectivity index (χ3n) is 4.98. The summed E-state index contributed by atoms with van der Waals surface area (Å²) in [7, 11) is 0. The number of para-hydroxylation sites is 1. The maximum atomic E-state index is 2.44. The molecule has 0 fully saturated rings. The number of rotatable bonds is 0. The van der Waals surface area contributed by atoms with Crippen LogP contribution in [0.15, 0.2) is 72.8 Å². The van der Waals surface area contributed by atoms with Crippen LogP contribution in [0.1, 0.15) is 0 Å². The highest BCUT2D eigenvalue weighted by atomic mass is 14.9. The molecule has 6 aromatic rings. The lowest BCUT2D eigenvalue weighted by Gasteiger charge is -2.11. The summed E-state index contributed by atoms with van der Waals surface area (Å²) in [5.74, 6) is 0. The van der Waals surface area contributed by atoms with Gasteiger partial charge in [-0.2, -0.15) is 4.40 Å². The summed E-state index contributed by atoms with van der Waals surface area (Å²) in [5.41, 5.74) is 3.93. The van der Waals surface area contributed by atoms with E-state index in [9.17, 15) is 0 Å². The van der Waals surface area contributed by atoms with Crippen molar-refractivity contribution in [1.29, 1.82) is 0 Å². The molecular weight excluding hydrogens is 266 g/mol. The first-order chi connectivity index (χ1) is 10.9. The molecule has 100 valence electrons. The Morgan fingerprint density at radius 3 is 2.00 bits per heavy atom. The largest absolute Gasteiger partial charge is 0.227 e. The van der Waals surface area contributed by atoms with E-state index in [4.69, 9.17) is 0 Å². The fourth-order valence-electron chi connectivity index (χ4n) is 4.06. The predicted molar refractivity (Wildman–Crippen MR) is 92.0 cm³/mol. The minimum Gasteiger partial charge on any atom is -0.152 e. The molecule has 6 rings (SSSR count). The molecule has 3 aromatic heterocycles. The van der Waals surface area contributed by atoms with Crippen molar-refractivity contribution in [1.82, 2.24) is 0 Å². The van der Waals surface area contributed by atoms with E-state index in [0.29, 0.717) is 0 Å². The topological polar surface area (TPSA) is 4.10 Å². The second-order valence-electron chi connectivity index (χ2n) is 6.08. The quantitative estimate of drug-likeness (QED) is 0.211. The van der Waals surface area contributed by atoms with Crippen LogP contribution in [0.4, 0.5) is 0 Å². The highest BCUT2D eigenvalue weighted by Crippen LogP contribution is 2.35. The Kier molecular flexibility index (Phi) is 1.69. The Bertz CT molecular complexity index is 1200. The molecule has 0 amide bonds. The number of hydrogen-bond acceptors (Lipinski definition) is 0. The molecule has 3 heterocycles. The van der Waals surface area contributed by atoms with Gasteiger partial charge in [-0.3, -0.25) is 0 Å². The summed E-state index contributed by atoms with van der Waals surface area (Å²) >= 11 is 0. The standard InChI is InChI=1S/C21H12N/c1-3-13-7-8-15-10-12-16-11-9-14-4-2-6-18-17(5-1)19(13)21(15)22(16)20(14)18/h1-12H/q+1. The van der Waals surface area contributed by atoms with Gasteiger partial charge < -0.3 is 0 Å². The zero-order valence-electron chi connectivity index (χ0n) is 11.9. The Morgan fingerprint density at radius 1 is 0.500 bits per heavy atom. The van der Waals surface area contributed by atoms with Gasteiger partial charge in [0, 0.05) is 28.3 Å². The zero-order chi connectivity index (χ0) is 14.3. The average Bonchev–Trinajstić information content (AvgIpc) is 2.59. The second-order valence-corrected chi connectivity index (χ2v) is 6.08. The van der Waals surface area contributed by atoms with Crippen molar-refractivity contribution >= 4 is 48.9 Å². The number of fused-ring (bicyclic) bond motifs is 1. The third-order valence-corrected chi connectivity index (χ3v) is 4.98. The van der Waals surface area contributed by atoms with Crippen molar-refractivity contribution in [2.24, 2.45) is 0 Å². The predicted octanol–water partition coefficient (Wildman–Crippen LogP) is 4.91. The van der Waals surface area contributed by atoms with Gasteiger partial charge in [0.25, 0.3) is 0 Å². The molecule has 22 heavy (non-hydrogen) atoms. The normalized spacial score (nSPS) is 12.5. The zero-order valence-corrected chi connectivity index (χ0v) is 11.9. The van der Waals surface area contributed by atoms with Crippen molar-refractivity contribution in [3.8, 4) is 0 Å². The molecule has 0 aliphatic carbocycles. The van der Waals surface area contributed by atoms with Crippen LogP contribution in [0.5, 0.6) is 0 Å². The lowest BCUT2D eigenvalue weighted by molar-refractivity contribution is -0.448. The van der Waals surface area contributed by atoms with Gasteiger partial charge in [-0.25, -0.2) is 0 Å². The van der Waals surface area contributed by atoms with E-state index < -0.39 is 0 Å². The van der Waals surface area contributed by atoms with Gasteiger partial charge in [0.2, 0.25) is 16.6 Å². The van der Waals surface area contributed by atoms with Crippen molar-refractivity contribution in [3.63, 3.8) is 0 Å². The molecule has 1 heteroatoms. The van der Waals surface area contributed by atoms with Gasteiger partial charge in [0.15, 0.2) is 0 Å². The van der Waals surface area contributed by atoms with Crippen molar-refractivity contribution in [3.05, 3.63) is 72.8 Å². The summed E-state index contributed by atoms with van der Waals surface area (Å²) in [6.07, 6.45) is 0. The fourth-order valence-corrected chi connectivity index (χ4v) is 4.06. The molecule has 0 bridgehead atoms. The Balaban J connectivity index is 2.21. The van der Waals surface area contributed by atoms with Crippen LogP contribution in [-0.4, -0.2) is 0 Å². The molecule has 0 unspecified atom stereocenters. The number of aromatic nitrogens is 1. The van der Waals surface area contributed by atoms with Crippen LogP contribution in [-0.2, 0) is 0 Å². The van der Waals surface area contributed by atoms with Crippen LogP contribution < -0.4 is 4.40 Å². The first kappa shape index (κ1) is 10.7. The van der Waals surface area contributed by atoms with Gasteiger partial charge in [-0.15, -0.1) is 0 Å². The van der Waals surface area contributed by atoms with E-state index in [0.717, 1.165) is 0 Å². The molecule has 0 radical (unpaired) electrons. The monoisotopic (exact) mass is 278 g/mol. The molecule has 0 saturated heterocycles. The van der Waals surface area contributed by atoms with E-state index >= 15 is 0 Å². The Morgan fingerprint density at radius 2 is 1.14 bits per heavy atom. The molecule has 0 N–H and O–H groups in total. The molecule has 0 aliphatic heterocycles. The maximum Gasteiger partial charge on any atom is 0.227 e. The number of pyridine rings is 3. The first-order valence-electron chi connectivity index (χ1n) is 7.64. The summed E-state index contributed by atoms with van der Waals surface area (Å²) < 4.78 is 2.44. The number of benzene rings is 3. The van der Waals surface area contributed by atoms with E-state index in [1.54, 1.807) is 0 Å². The number of nitrogens with zero attached hydrogens (tertiary/aromatic N) is 1. The third kappa shape index (κ3) is 1.07. The molecule has 0 saturated carbocycles. The second kappa shape index (κ2) is 3.45. The molecule has 3 aromatic carbocycles. The average molecular weight is 278 g/mol. The van der Waals surface area contributed by atoms with Crippen LogP contribution in [0.25, 0.3) is 48.9 Å². The summed E-state index contributed by atoms with van der Waals surface area (Å²) in [5, 5.41) is 7.99. The van der Waals surface area contributed by atoms with Crippen molar-refractivity contribution < 1.29 is 4.40 Å². The SMILES string of the molecule is c1cc2ccc3ccc4ccc5cccc6c(c1)c2c3[n+]4c56. The van der Waals surface area contributed by atoms with Crippen LogP contribution in [0.3, 0.4) is 0 Å². The van der Waals surface area contributed by atoms with Crippen molar-refractivity contribution in [2.75, 3.05) is 0 Å². The van der Waals surface area contributed by atoms with Gasteiger partial charge in [-0.05, 0) is 35.7 Å². The molecule has 0 aliphatic rings. The first-order valence-corrected chi connectivity index (χ1v) is 7.64. The van der Waals surface area contributed by atoms with E-state index in [-0.39, 0.29) is 0 Å². The van der Waals surface area contributed by atoms with Gasteiger partial charge in [-0.1, -0.05) is 30.3 Å². The van der Waals surface area contributed by atoms with E-state index in [2.05, 4.69) is 77.2 Å². The highest BCUT2D eigenvalue weighted by molar-refractivity contribution is 6.22. The molecule has 0 spiro atoms. The minimum absolute atomic E-state index is 1.26. The fraction of sp³-hybridized carbons (Fsp3) is 0. The lowest BCUT2D eigenvalue weighted by atomic mass is 9.96. The van der Waals surface area contributed by atoms with Crippen LogP contribution >= 0.6 is 0 Å². The van der Waals surface area contributed by atoms with Crippen LogP contribution in [0.2, 0.25) is 0 Å². The minimum atomic E-state index is 1.26. The van der Waals surface area contributed by atoms with Crippen LogP contribution in [0, 0.1) is 0 Å². The number of hydrogen-bond donors (Lipinski definition) is 0. The van der Waals surface area contributed by atoms with E-state index in [1.807, 2.05) is 0 Å². The van der Waals surface area contributed by atoms with E-state index in [1.165, 1.54) is 48.9 Å². The highest BCUT2D eigenvalue weighted by Gasteiger charge is 2.23. The molecule has 1 nitrogen and oxygen atoms in total. The Hall–Kier alpha value is -2.93. The maximum absolute atomic E-state index is 2.44.